The Bertz CT molecular complexity index is 424. The van der Waals surface area contributed by atoms with E-state index in [-0.39, 0.29) is 17.4 Å². The average Bonchev–Trinajstić information content (AvgIpc) is 2.59. The summed E-state index contributed by atoms with van der Waals surface area (Å²) in [5.41, 5.74) is 1.31. The van der Waals surface area contributed by atoms with Crippen molar-refractivity contribution in [1.29, 1.82) is 0 Å². The zero-order chi connectivity index (χ0) is 13.3. The van der Waals surface area contributed by atoms with Crippen molar-refractivity contribution < 1.29 is 4.79 Å². The van der Waals surface area contributed by atoms with Gasteiger partial charge in [0, 0.05) is 12.5 Å². The molecule has 2 atom stereocenters. The summed E-state index contributed by atoms with van der Waals surface area (Å²) in [6.45, 7) is 9.51. The van der Waals surface area contributed by atoms with Crippen molar-refractivity contribution in [2.24, 2.45) is 11.3 Å². The Morgan fingerprint density at radius 2 is 1.94 bits per heavy atom. The lowest BCUT2D eigenvalue weighted by Crippen LogP contribution is -2.30. The third-order valence-electron chi connectivity index (χ3n) is 4.26. The van der Waals surface area contributed by atoms with Gasteiger partial charge in [0.05, 0.1) is 6.04 Å². The second-order valence-electron chi connectivity index (χ2n) is 6.00. The first kappa shape index (κ1) is 13.1. The van der Waals surface area contributed by atoms with Gasteiger partial charge in [-0.15, -0.1) is 0 Å². The molecule has 0 aromatic heterocycles. The number of hydrogen-bond acceptors (Lipinski definition) is 1. The molecule has 2 heteroatoms. The van der Waals surface area contributed by atoms with Gasteiger partial charge in [0.15, 0.2) is 0 Å². The van der Waals surface area contributed by atoms with Crippen LogP contribution in [0, 0.1) is 11.3 Å². The lowest BCUT2D eigenvalue weighted by molar-refractivity contribution is -0.133. The fraction of sp³-hybridized carbons (Fsp3) is 0.562. The summed E-state index contributed by atoms with van der Waals surface area (Å²) in [4.78, 5) is 14.5. The molecule has 1 aliphatic heterocycles. The Morgan fingerprint density at radius 3 is 2.44 bits per heavy atom. The molecule has 2 nitrogen and oxygen atoms in total. The molecule has 0 aliphatic carbocycles. The number of carbonyl (C=O) groups excluding carboxylic acids is 1. The van der Waals surface area contributed by atoms with Crippen LogP contribution in [0.3, 0.4) is 0 Å². The van der Waals surface area contributed by atoms with Crippen LogP contribution in [-0.2, 0) is 4.79 Å². The molecular weight excluding hydrogens is 222 g/mol. The van der Waals surface area contributed by atoms with Crippen molar-refractivity contribution in [2.75, 3.05) is 6.54 Å². The van der Waals surface area contributed by atoms with Crippen LogP contribution >= 0.6 is 0 Å². The molecule has 0 radical (unpaired) electrons. The van der Waals surface area contributed by atoms with Gasteiger partial charge in [-0.1, -0.05) is 51.1 Å². The molecule has 1 fully saturated rings. The molecule has 98 valence electrons. The number of nitrogens with zero attached hydrogens (tertiary/aromatic N) is 1. The Balaban J connectivity index is 2.23. The highest BCUT2D eigenvalue weighted by Gasteiger charge is 2.46. The van der Waals surface area contributed by atoms with Gasteiger partial charge in [-0.3, -0.25) is 4.79 Å². The van der Waals surface area contributed by atoms with Gasteiger partial charge in [-0.25, -0.2) is 0 Å². The SMILES string of the molecule is CCC1C(=O)N([C@H](C)c2ccccc2)CC1(C)C. The van der Waals surface area contributed by atoms with Crippen LogP contribution in [-0.4, -0.2) is 17.4 Å². The maximum absolute atomic E-state index is 12.5. The molecule has 0 spiro atoms. The van der Waals surface area contributed by atoms with Gasteiger partial charge >= 0.3 is 0 Å². The minimum absolute atomic E-state index is 0.0921. The van der Waals surface area contributed by atoms with E-state index in [9.17, 15) is 4.79 Å². The molecular formula is C16H23NO. The minimum atomic E-state index is 0.0921. The molecule has 1 heterocycles. The van der Waals surface area contributed by atoms with Crippen LogP contribution in [0.25, 0.3) is 0 Å². The lowest BCUT2D eigenvalue weighted by Gasteiger charge is -2.26. The second kappa shape index (κ2) is 4.75. The highest BCUT2D eigenvalue weighted by atomic mass is 16.2. The van der Waals surface area contributed by atoms with Gasteiger partial charge < -0.3 is 4.90 Å². The predicted octanol–water partition coefficient (Wildman–Crippen LogP) is 3.64. The Kier molecular flexibility index (Phi) is 3.47. The van der Waals surface area contributed by atoms with E-state index < -0.39 is 0 Å². The number of hydrogen-bond donors (Lipinski definition) is 0. The van der Waals surface area contributed by atoms with Gasteiger partial charge in [0.25, 0.3) is 0 Å². The topological polar surface area (TPSA) is 20.3 Å². The van der Waals surface area contributed by atoms with Crippen molar-refractivity contribution in [1.82, 2.24) is 4.90 Å². The van der Waals surface area contributed by atoms with Gasteiger partial charge in [0.1, 0.15) is 0 Å². The second-order valence-corrected chi connectivity index (χ2v) is 6.00. The molecule has 18 heavy (non-hydrogen) atoms. The van der Waals surface area contributed by atoms with Crippen molar-refractivity contribution in [2.45, 2.75) is 40.2 Å². The monoisotopic (exact) mass is 245 g/mol. The first-order valence-corrected chi connectivity index (χ1v) is 6.83. The molecule has 1 aromatic carbocycles. The predicted molar refractivity (Wildman–Crippen MR) is 74.1 cm³/mol. The molecule has 1 amide bonds. The fourth-order valence-electron chi connectivity index (χ4n) is 3.13. The summed E-state index contributed by atoms with van der Waals surface area (Å²) in [5, 5.41) is 0. The van der Waals surface area contributed by atoms with Crippen LogP contribution < -0.4 is 0 Å². The lowest BCUT2D eigenvalue weighted by atomic mass is 9.80. The zero-order valence-electron chi connectivity index (χ0n) is 11.8. The first-order chi connectivity index (χ1) is 8.47. The normalized spacial score (nSPS) is 24.3. The van der Waals surface area contributed by atoms with Crippen LogP contribution in [0.15, 0.2) is 30.3 Å². The largest absolute Gasteiger partial charge is 0.335 e. The maximum atomic E-state index is 12.5. The fourth-order valence-corrected chi connectivity index (χ4v) is 3.13. The maximum Gasteiger partial charge on any atom is 0.226 e. The van der Waals surface area contributed by atoms with E-state index in [4.69, 9.17) is 0 Å². The zero-order valence-corrected chi connectivity index (χ0v) is 11.8. The van der Waals surface area contributed by atoms with E-state index in [0.29, 0.717) is 5.91 Å². The summed E-state index contributed by atoms with van der Waals surface area (Å²) in [5.74, 6) is 0.488. The molecule has 1 aliphatic rings. The molecule has 0 bridgehead atoms. The third-order valence-corrected chi connectivity index (χ3v) is 4.26. The highest BCUT2D eigenvalue weighted by molar-refractivity contribution is 5.82. The highest BCUT2D eigenvalue weighted by Crippen LogP contribution is 2.41. The van der Waals surface area contributed by atoms with Crippen LogP contribution in [0.1, 0.15) is 45.7 Å². The summed E-state index contributed by atoms with van der Waals surface area (Å²) in [7, 11) is 0. The van der Waals surface area contributed by atoms with E-state index in [1.807, 2.05) is 23.1 Å². The number of rotatable bonds is 3. The van der Waals surface area contributed by atoms with Crippen LogP contribution in [0.5, 0.6) is 0 Å². The summed E-state index contributed by atoms with van der Waals surface area (Å²) < 4.78 is 0. The van der Waals surface area contributed by atoms with E-state index >= 15 is 0 Å². The molecule has 1 unspecified atom stereocenters. The molecule has 2 rings (SSSR count). The average molecular weight is 245 g/mol. The van der Waals surface area contributed by atoms with E-state index in [0.717, 1.165) is 13.0 Å². The van der Waals surface area contributed by atoms with E-state index in [1.54, 1.807) is 0 Å². The number of carbonyl (C=O) groups is 1. The Morgan fingerprint density at radius 1 is 1.33 bits per heavy atom. The third kappa shape index (κ3) is 2.16. The van der Waals surface area contributed by atoms with Crippen molar-refractivity contribution in [3.63, 3.8) is 0 Å². The number of amides is 1. The van der Waals surface area contributed by atoms with Gasteiger partial charge in [0.2, 0.25) is 5.91 Å². The molecule has 1 aromatic rings. The number of likely N-dealkylation sites (tertiary alicyclic amines) is 1. The molecule has 0 N–H and O–H groups in total. The minimum Gasteiger partial charge on any atom is -0.335 e. The smallest absolute Gasteiger partial charge is 0.226 e. The first-order valence-electron chi connectivity index (χ1n) is 6.83. The van der Waals surface area contributed by atoms with Crippen molar-refractivity contribution >= 4 is 5.91 Å². The van der Waals surface area contributed by atoms with Crippen LogP contribution in [0.4, 0.5) is 0 Å². The number of benzene rings is 1. The van der Waals surface area contributed by atoms with Crippen LogP contribution in [0.2, 0.25) is 0 Å². The van der Waals surface area contributed by atoms with E-state index in [1.165, 1.54) is 5.56 Å². The quantitative estimate of drug-likeness (QED) is 0.796. The van der Waals surface area contributed by atoms with Gasteiger partial charge in [-0.05, 0) is 24.3 Å². The summed E-state index contributed by atoms with van der Waals surface area (Å²) >= 11 is 0. The molecule has 1 saturated heterocycles. The summed E-state index contributed by atoms with van der Waals surface area (Å²) in [6.07, 6.45) is 0.934. The van der Waals surface area contributed by atoms with Gasteiger partial charge in [-0.2, -0.15) is 0 Å². The molecule has 0 saturated carbocycles. The van der Waals surface area contributed by atoms with Crippen molar-refractivity contribution in [3.05, 3.63) is 35.9 Å². The summed E-state index contributed by atoms with van der Waals surface area (Å²) in [6, 6.07) is 10.5. The standard InChI is InChI=1S/C16H23NO/c1-5-14-15(18)17(11-16(14,3)4)12(2)13-9-7-6-8-10-13/h6-10,12,14H,5,11H2,1-4H3/t12-,14?/m1/s1. The van der Waals surface area contributed by atoms with Crippen molar-refractivity contribution in [3.8, 4) is 0 Å². The Hall–Kier alpha value is -1.31. The van der Waals surface area contributed by atoms with E-state index in [2.05, 4.69) is 39.8 Å². The Labute approximate surface area is 110 Å².